The molecule has 0 N–H and O–H groups in total. The molecule has 0 aliphatic heterocycles. The lowest BCUT2D eigenvalue weighted by molar-refractivity contribution is 0.892. The fourth-order valence-electron chi connectivity index (χ4n) is 2.29. The minimum Gasteiger partial charge on any atom is -0.0991 e. The first kappa shape index (κ1) is 10.4. The van der Waals surface area contributed by atoms with Gasteiger partial charge in [0.25, 0.3) is 0 Å². The van der Waals surface area contributed by atoms with Gasteiger partial charge in [-0.2, -0.15) is 0 Å². The molecule has 70 valence electrons. The topological polar surface area (TPSA) is 0 Å². The van der Waals surface area contributed by atoms with E-state index in [9.17, 15) is 0 Å². The van der Waals surface area contributed by atoms with Gasteiger partial charge >= 0.3 is 0 Å². The van der Waals surface area contributed by atoms with Crippen molar-refractivity contribution in [2.75, 3.05) is 0 Å². The van der Waals surface area contributed by atoms with Crippen molar-refractivity contribution in [1.82, 2.24) is 0 Å². The number of allylic oxidation sites excluding steroid dienone is 8. The SMILES string of the molecule is [B]C1([B])C2=C(C=CCC2)C(=C)/C1=C\C=C. The molecule has 2 aliphatic carbocycles. The van der Waals surface area contributed by atoms with E-state index in [-0.39, 0.29) is 0 Å². The Labute approximate surface area is 94.0 Å². The third kappa shape index (κ3) is 1.40. The van der Waals surface area contributed by atoms with E-state index in [2.05, 4.69) is 25.3 Å². The zero-order valence-corrected chi connectivity index (χ0v) is 8.79. The van der Waals surface area contributed by atoms with Crippen molar-refractivity contribution in [2.45, 2.75) is 18.1 Å². The van der Waals surface area contributed by atoms with E-state index in [4.69, 9.17) is 15.7 Å². The average molecular weight is 190 g/mol. The predicted octanol–water partition coefficient (Wildman–Crippen LogP) is 2.77. The Hall–Kier alpha value is -1.17. The Morgan fingerprint density at radius 3 is 2.73 bits per heavy atom. The summed E-state index contributed by atoms with van der Waals surface area (Å²) in [7, 11) is 12.3. The molecule has 0 atom stereocenters. The maximum atomic E-state index is 6.16. The zero-order chi connectivity index (χ0) is 11.1. The van der Waals surface area contributed by atoms with Gasteiger partial charge in [-0.25, -0.2) is 0 Å². The van der Waals surface area contributed by atoms with Crippen LogP contribution in [0.3, 0.4) is 0 Å². The molecule has 0 fully saturated rings. The van der Waals surface area contributed by atoms with Gasteiger partial charge in [-0.05, 0) is 29.6 Å². The van der Waals surface area contributed by atoms with Crippen molar-refractivity contribution in [3.63, 3.8) is 0 Å². The summed E-state index contributed by atoms with van der Waals surface area (Å²) in [5, 5.41) is -0.856. The lowest BCUT2D eigenvalue weighted by atomic mass is 9.48. The molecule has 0 nitrogen and oxygen atoms in total. The van der Waals surface area contributed by atoms with Crippen LogP contribution < -0.4 is 0 Å². The van der Waals surface area contributed by atoms with Crippen molar-refractivity contribution in [1.29, 1.82) is 0 Å². The van der Waals surface area contributed by atoms with Gasteiger partial charge in [0.1, 0.15) is 0 Å². The van der Waals surface area contributed by atoms with E-state index in [1.54, 1.807) is 6.08 Å². The van der Waals surface area contributed by atoms with Gasteiger partial charge in [-0.3, -0.25) is 0 Å². The molecule has 0 spiro atoms. The molecule has 0 aromatic carbocycles. The van der Waals surface area contributed by atoms with Crippen LogP contribution in [-0.4, -0.2) is 15.7 Å². The summed E-state index contributed by atoms with van der Waals surface area (Å²) in [4.78, 5) is 0. The van der Waals surface area contributed by atoms with Gasteiger partial charge in [0.05, 0.1) is 15.7 Å². The van der Waals surface area contributed by atoms with Gasteiger partial charge in [0.2, 0.25) is 0 Å². The normalized spacial score (nSPS) is 25.9. The van der Waals surface area contributed by atoms with E-state index in [1.165, 1.54) is 0 Å². The molecule has 0 bridgehead atoms. The van der Waals surface area contributed by atoms with Gasteiger partial charge in [-0.1, -0.05) is 48.2 Å². The third-order valence-electron chi connectivity index (χ3n) is 3.05. The molecule has 0 aromatic heterocycles. The second kappa shape index (κ2) is 3.44. The molecule has 0 saturated heterocycles. The van der Waals surface area contributed by atoms with Crippen molar-refractivity contribution in [3.8, 4) is 0 Å². The Bertz CT molecular complexity index is 420. The predicted molar refractivity (Wildman–Crippen MR) is 67.0 cm³/mol. The molecule has 2 rings (SSSR count). The highest BCUT2D eigenvalue weighted by Gasteiger charge is 2.37. The highest BCUT2D eigenvalue weighted by Crippen LogP contribution is 2.53. The molecule has 0 heterocycles. The summed E-state index contributed by atoms with van der Waals surface area (Å²) in [5.74, 6) is 0. The molecule has 0 amide bonds. The van der Waals surface area contributed by atoms with Crippen LogP contribution in [0.5, 0.6) is 0 Å². The fraction of sp³-hybridized carbons (Fsp3) is 0.231. The minimum atomic E-state index is -0.856. The largest absolute Gasteiger partial charge is 0.0991 e. The standard InChI is InChI=1S/C13H12B2/c1-3-6-11-9(2)10-7-4-5-8-12(10)13(11,14)15/h3-4,6-7H,1-2,5,8H2/b11-6+. The van der Waals surface area contributed by atoms with Crippen molar-refractivity contribution >= 4 is 15.7 Å². The van der Waals surface area contributed by atoms with Crippen molar-refractivity contribution in [3.05, 3.63) is 59.8 Å². The molecule has 0 saturated carbocycles. The van der Waals surface area contributed by atoms with Gasteiger partial charge in [0, 0.05) is 0 Å². The van der Waals surface area contributed by atoms with Crippen LogP contribution in [0.2, 0.25) is 5.21 Å². The minimum absolute atomic E-state index is 0.856. The van der Waals surface area contributed by atoms with E-state index < -0.39 is 5.21 Å². The molecule has 2 aliphatic rings. The van der Waals surface area contributed by atoms with Gasteiger partial charge < -0.3 is 0 Å². The zero-order valence-electron chi connectivity index (χ0n) is 8.79. The van der Waals surface area contributed by atoms with E-state index in [0.717, 1.165) is 35.1 Å². The number of hydrogen-bond donors (Lipinski definition) is 0. The molecule has 15 heavy (non-hydrogen) atoms. The summed E-state index contributed by atoms with van der Waals surface area (Å²) in [6, 6.07) is 0. The number of hydrogen-bond acceptors (Lipinski definition) is 0. The Morgan fingerprint density at radius 1 is 1.40 bits per heavy atom. The van der Waals surface area contributed by atoms with Gasteiger partial charge in [0.15, 0.2) is 0 Å². The van der Waals surface area contributed by atoms with E-state index in [1.807, 2.05) is 6.08 Å². The lowest BCUT2D eigenvalue weighted by Crippen LogP contribution is -2.15. The highest BCUT2D eigenvalue weighted by atomic mass is 14.3. The number of rotatable bonds is 1. The van der Waals surface area contributed by atoms with Crippen molar-refractivity contribution < 1.29 is 0 Å². The molecular weight excluding hydrogens is 178 g/mol. The quantitative estimate of drug-likeness (QED) is 0.557. The first-order valence-electron chi connectivity index (χ1n) is 5.09. The molecule has 0 aromatic rings. The molecular formula is C13H12B2. The Morgan fingerprint density at radius 2 is 2.13 bits per heavy atom. The lowest BCUT2D eigenvalue weighted by Gasteiger charge is -2.26. The summed E-state index contributed by atoms with van der Waals surface area (Å²) in [5.41, 5.74) is 4.03. The molecule has 2 heteroatoms. The van der Waals surface area contributed by atoms with Gasteiger partial charge in [-0.15, -0.1) is 0 Å². The van der Waals surface area contributed by atoms with Crippen LogP contribution in [0.1, 0.15) is 12.8 Å². The van der Waals surface area contributed by atoms with Crippen LogP contribution in [-0.2, 0) is 0 Å². The second-order valence-corrected chi connectivity index (χ2v) is 4.00. The van der Waals surface area contributed by atoms with Crippen LogP contribution in [0, 0.1) is 0 Å². The summed E-state index contributed by atoms with van der Waals surface area (Å²) in [6.07, 6.45) is 9.69. The smallest absolute Gasteiger partial charge is 0.0741 e. The first-order valence-corrected chi connectivity index (χ1v) is 5.09. The Kier molecular flexibility index (Phi) is 2.38. The monoisotopic (exact) mass is 190 g/mol. The van der Waals surface area contributed by atoms with E-state index >= 15 is 0 Å². The third-order valence-corrected chi connectivity index (χ3v) is 3.05. The highest BCUT2D eigenvalue weighted by molar-refractivity contribution is 6.45. The Balaban J connectivity index is 2.56. The first-order chi connectivity index (χ1) is 7.09. The van der Waals surface area contributed by atoms with Crippen LogP contribution in [0.15, 0.2) is 59.8 Å². The van der Waals surface area contributed by atoms with Crippen LogP contribution in [0.25, 0.3) is 0 Å². The summed E-state index contributed by atoms with van der Waals surface area (Å²) < 4.78 is 0. The summed E-state index contributed by atoms with van der Waals surface area (Å²) in [6.45, 7) is 7.73. The molecule has 4 radical (unpaired) electrons. The van der Waals surface area contributed by atoms with Crippen LogP contribution in [0.4, 0.5) is 0 Å². The van der Waals surface area contributed by atoms with Crippen molar-refractivity contribution in [2.24, 2.45) is 0 Å². The fourth-order valence-corrected chi connectivity index (χ4v) is 2.29. The van der Waals surface area contributed by atoms with Crippen LogP contribution >= 0.6 is 0 Å². The second-order valence-electron chi connectivity index (χ2n) is 4.00. The maximum Gasteiger partial charge on any atom is 0.0741 e. The summed E-state index contributed by atoms with van der Waals surface area (Å²) >= 11 is 0. The maximum absolute atomic E-state index is 6.16. The van der Waals surface area contributed by atoms with E-state index in [0.29, 0.717) is 0 Å². The molecule has 0 unspecified atom stereocenters. The average Bonchev–Trinajstić information content (AvgIpc) is 2.41.